The number of hydrogen-bond donors (Lipinski definition) is 2. The summed E-state index contributed by atoms with van der Waals surface area (Å²) in [4.78, 5) is 17.4. The zero-order valence-corrected chi connectivity index (χ0v) is 9.09. The number of phosphoric acid groups is 1. The van der Waals surface area contributed by atoms with Gasteiger partial charge in [0.15, 0.2) is 0 Å². The topological polar surface area (TPSA) is 98.3 Å². The molecule has 0 radical (unpaired) electrons. The second-order valence-electron chi connectivity index (χ2n) is 3.06. The summed E-state index contributed by atoms with van der Waals surface area (Å²) in [6.45, 7) is 0. The Morgan fingerprint density at radius 2 is 1.59 bits per heavy atom. The fourth-order valence-electron chi connectivity index (χ4n) is 1.40. The van der Waals surface area contributed by atoms with Gasteiger partial charge in [-0.15, -0.1) is 0 Å². The summed E-state index contributed by atoms with van der Waals surface area (Å²) < 4.78 is 15.3. The Bertz CT molecular complexity index is 534. The van der Waals surface area contributed by atoms with Crippen molar-refractivity contribution in [2.45, 2.75) is 0 Å². The third-order valence-corrected chi connectivity index (χ3v) is 2.40. The molecule has 0 aliphatic heterocycles. The Kier molecular flexibility index (Phi) is 6.37. The van der Waals surface area contributed by atoms with E-state index in [9.17, 15) is 4.57 Å². The van der Waals surface area contributed by atoms with E-state index in [1.54, 1.807) is 18.2 Å². The van der Waals surface area contributed by atoms with Crippen molar-refractivity contribution in [3.05, 3.63) is 42.5 Å². The number of benzene rings is 2. The van der Waals surface area contributed by atoms with Crippen molar-refractivity contribution in [2.24, 2.45) is 0 Å². The maximum absolute atomic E-state index is 10.7. The Labute approximate surface area is 120 Å². The SMILES string of the molecule is O.O=P(O)(O)Oc1cccc2ccccc12.[NaH]. The molecular formula is C10H12NaO5P. The van der Waals surface area contributed by atoms with Gasteiger partial charge in [0.2, 0.25) is 0 Å². The maximum atomic E-state index is 10.7. The van der Waals surface area contributed by atoms with E-state index in [0.717, 1.165) is 5.39 Å². The zero-order valence-electron chi connectivity index (χ0n) is 8.20. The predicted octanol–water partition coefficient (Wildman–Crippen LogP) is 0.838. The third kappa shape index (κ3) is 4.41. The molecule has 88 valence electrons. The molecule has 0 aliphatic carbocycles. The summed E-state index contributed by atoms with van der Waals surface area (Å²) >= 11 is 0. The molecule has 0 bridgehead atoms. The molecule has 2 aromatic rings. The standard InChI is InChI=1S/C10H9O4P.Na.H2O.H/c11-15(12,13)14-10-7-3-5-8-4-1-2-6-9(8)10;;;/h1-7H,(H2,11,12,13);;1H2;. The summed E-state index contributed by atoms with van der Waals surface area (Å²) in [7, 11) is -4.49. The fraction of sp³-hybridized carbons (Fsp3) is 0. The Morgan fingerprint density at radius 3 is 2.24 bits per heavy atom. The van der Waals surface area contributed by atoms with E-state index in [-0.39, 0.29) is 40.8 Å². The summed E-state index contributed by atoms with van der Waals surface area (Å²) in [5.74, 6) is 0.196. The molecule has 0 saturated heterocycles. The Hall–Kier alpha value is -0.390. The molecule has 0 spiro atoms. The molecule has 0 aromatic heterocycles. The molecule has 4 N–H and O–H groups in total. The van der Waals surface area contributed by atoms with Gasteiger partial charge in [-0.25, -0.2) is 4.57 Å². The van der Waals surface area contributed by atoms with Crippen molar-refractivity contribution >= 4 is 48.2 Å². The molecule has 5 nitrogen and oxygen atoms in total. The van der Waals surface area contributed by atoms with Crippen LogP contribution in [0.25, 0.3) is 10.8 Å². The predicted molar refractivity (Wildman–Crippen MR) is 67.4 cm³/mol. The van der Waals surface area contributed by atoms with Crippen LogP contribution in [0.15, 0.2) is 42.5 Å². The molecule has 0 heterocycles. The molecule has 7 heteroatoms. The van der Waals surface area contributed by atoms with Crippen molar-refractivity contribution < 1.29 is 24.4 Å². The average molecular weight is 266 g/mol. The van der Waals surface area contributed by atoms with Crippen LogP contribution in [0.5, 0.6) is 5.75 Å². The monoisotopic (exact) mass is 266 g/mol. The van der Waals surface area contributed by atoms with Crippen molar-refractivity contribution in [2.75, 3.05) is 0 Å². The van der Waals surface area contributed by atoms with Gasteiger partial charge in [-0.2, -0.15) is 0 Å². The van der Waals surface area contributed by atoms with Gasteiger partial charge in [0.05, 0.1) is 0 Å². The van der Waals surface area contributed by atoms with Crippen molar-refractivity contribution in [1.82, 2.24) is 0 Å². The number of phosphoric ester groups is 1. The quantitative estimate of drug-likeness (QED) is 0.621. The van der Waals surface area contributed by atoms with E-state index in [4.69, 9.17) is 9.79 Å². The fourth-order valence-corrected chi connectivity index (χ4v) is 1.82. The first-order valence-corrected chi connectivity index (χ1v) is 5.82. The normalized spacial score (nSPS) is 10.2. The van der Waals surface area contributed by atoms with Gasteiger partial charge in [-0.3, -0.25) is 9.79 Å². The van der Waals surface area contributed by atoms with Gasteiger partial charge in [0.1, 0.15) is 5.75 Å². The van der Waals surface area contributed by atoms with Gasteiger partial charge in [0.25, 0.3) is 0 Å². The van der Waals surface area contributed by atoms with Crippen molar-refractivity contribution in [1.29, 1.82) is 0 Å². The summed E-state index contributed by atoms with van der Waals surface area (Å²) in [5, 5.41) is 1.56. The van der Waals surface area contributed by atoms with Gasteiger partial charge in [-0.05, 0) is 11.5 Å². The summed E-state index contributed by atoms with van der Waals surface area (Å²) in [6, 6.07) is 12.3. The van der Waals surface area contributed by atoms with E-state index in [2.05, 4.69) is 4.52 Å². The van der Waals surface area contributed by atoms with Crippen LogP contribution in [0.3, 0.4) is 0 Å². The molecule has 2 rings (SSSR count). The van der Waals surface area contributed by atoms with Crippen LogP contribution >= 0.6 is 7.82 Å². The van der Waals surface area contributed by atoms with Crippen LogP contribution in [-0.2, 0) is 4.57 Å². The minimum atomic E-state index is -4.49. The molecule has 0 fully saturated rings. The van der Waals surface area contributed by atoms with Crippen LogP contribution in [0.1, 0.15) is 0 Å². The molecule has 17 heavy (non-hydrogen) atoms. The van der Waals surface area contributed by atoms with E-state index in [0.29, 0.717) is 5.39 Å². The van der Waals surface area contributed by atoms with Gasteiger partial charge in [-0.1, -0.05) is 36.4 Å². The van der Waals surface area contributed by atoms with Gasteiger partial charge >= 0.3 is 37.4 Å². The zero-order chi connectivity index (χ0) is 10.9. The first kappa shape index (κ1) is 16.6. The summed E-state index contributed by atoms with van der Waals surface area (Å²) in [6.07, 6.45) is 0. The van der Waals surface area contributed by atoms with Crippen LogP contribution < -0.4 is 4.52 Å². The average Bonchev–Trinajstić information content (AvgIpc) is 2.16. The molecule has 0 saturated carbocycles. The Morgan fingerprint density at radius 1 is 1.00 bits per heavy atom. The number of rotatable bonds is 2. The van der Waals surface area contributed by atoms with Gasteiger partial charge in [0, 0.05) is 5.39 Å². The molecule has 0 atom stereocenters. The van der Waals surface area contributed by atoms with E-state index >= 15 is 0 Å². The first-order chi connectivity index (χ1) is 7.06. The van der Waals surface area contributed by atoms with E-state index in [1.165, 1.54) is 6.07 Å². The van der Waals surface area contributed by atoms with Crippen molar-refractivity contribution in [3.63, 3.8) is 0 Å². The molecule has 0 aliphatic rings. The van der Waals surface area contributed by atoms with Crippen LogP contribution in [-0.4, -0.2) is 44.8 Å². The third-order valence-electron chi connectivity index (χ3n) is 1.97. The Balaban J connectivity index is 0.00000128. The first-order valence-electron chi connectivity index (χ1n) is 4.29. The number of hydrogen-bond acceptors (Lipinski definition) is 2. The second-order valence-corrected chi connectivity index (χ2v) is 4.22. The molecule has 0 amide bonds. The van der Waals surface area contributed by atoms with Crippen molar-refractivity contribution in [3.8, 4) is 5.75 Å². The van der Waals surface area contributed by atoms with Crippen LogP contribution in [0, 0.1) is 0 Å². The van der Waals surface area contributed by atoms with E-state index in [1.807, 2.05) is 18.2 Å². The summed E-state index contributed by atoms with van der Waals surface area (Å²) in [5.41, 5.74) is 0. The van der Waals surface area contributed by atoms with Gasteiger partial charge < -0.3 is 10.00 Å². The second kappa shape index (κ2) is 6.52. The van der Waals surface area contributed by atoms with Crippen LogP contribution in [0.4, 0.5) is 0 Å². The molecular weight excluding hydrogens is 254 g/mol. The van der Waals surface area contributed by atoms with E-state index < -0.39 is 7.82 Å². The molecule has 0 unspecified atom stereocenters. The van der Waals surface area contributed by atoms with Crippen LogP contribution in [0.2, 0.25) is 0 Å². The number of fused-ring (bicyclic) bond motifs is 1. The minimum absolute atomic E-state index is 0. The molecule has 2 aromatic carbocycles.